The molecule has 0 atom stereocenters. The van der Waals surface area contributed by atoms with E-state index in [1.807, 2.05) is 30.3 Å². The molecule has 1 fully saturated rings. The van der Waals surface area contributed by atoms with Crippen LogP contribution in [0.5, 0.6) is 0 Å². The molecule has 0 unspecified atom stereocenters. The first-order valence-electron chi connectivity index (χ1n) is 7.06. The number of amides is 2. The smallest absolute Gasteiger partial charge is 0.233 e. The van der Waals surface area contributed by atoms with Crippen LogP contribution in [0.4, 0.5) is 5.69 Å². The van der Waals surface area contributed by atoms with E-state index in [4.69, 9.17) is 0 Å². The number of anilines is 1. The Labute approximate surface area is 119 Å². The van der Waals surface area contributed by atoms with Gasteiger partial charge in [-0.3, -0.25) is 9.59 Å². The monoisotopic (exact) mass is 275 g/mol. The Balaban J connectivity index is 1.53. The molecule has 20 heavy (non-hydrogen) atoms. The first-order valence-corrected chi connectivity index (χ1v) is 7.06. The molecule has 2 rings (SSSR count). The molecule has 3 N–H and O–H groups in total. The van der Waals surface area contributed by atoms with Crippen molar-refractivity contribution in [2.75, 3.05) is 25.0 Å². The van der Waals surface area contributed by atoms with Gasteiger partial charge in [0.15, 0.2) is 0 Å². The van der Waals surface area contributed by atoms with E-state index in [9.17, 15) is 9.59 Å². The molecule has 1 aromatic carbocycles. The lowest BCUT2D eigenvalue weighted by Gasteiger charge is -2.07. The first kappa shape index (κ1) is 14.5. The summed E-state index contributed by atoms with van der Waals surface area (Å²) >= 11 is 0. The maximum absolute atomic E-state index is 11.6. The highest BCUT2D eigenvalue weighted by Gasteiger charge is 2.20. The van der Waals surface area contributed by atoms with E-state index in [-0.39, 0.29) is 18.2 Å². The highest BCUT2D eigenvalue weighted by molar-refractivity contribution is 5.91. The second-order valence-corrected chi connectivity index (χ2v) is 5.09. The minimum Gasteiger partial charge on any atom is -0.354 e. The van der Waals surface area contributed by atoms with Gasteiger partial charge in [-0.25, -0.2) is 0 Å². The second kappa shape index (κ2) is 7.65. The molecule has 0 heterocycles. The molecule has 0 spiro atoms. The average Bonchev–Trinajstić information content (AvgIpc) is 3.24. The lowest BCUT2D eigenvalue weighted by atomic mass is 10.3. The van der Waals surface area contributed by atoms with Gasteiger partial charge < -0.3 is 16.0 Å². The molecule has 2 amide bonds. The van der Waals surface area contributed by atoms with Crippen LogP contribution in [-0.4, -0.2) is 31.4 Å². The van der Waals surface area contributed by atoms with Crippen LogP contribution in [0.2, 0.25) is 0 Å². The van der Waals surface area contributed by atoms with Gasteiger partial charge in [-0.1, -0.05) is 18.2 Å². The van der Waals surface area contributed by atoms with Crippen molar-refractivity contribution in [1.29, 1.82) is 0 Å². The van der Waals surface area contributed by atoms with Crippen LogP contribution < -0.4 is 16.0 Å². The van der Waals surface area contributed by atoms with E-state index >= 15 is 0 Å². The number of para-hydroxylation sites is 1. The summed E-state index contributed by atoms with van der Waals surface area (Å²) in [6.07, 6.45) is 2.83. The topological polar surface area (TPSA) is 70.2 Å². The van der Waals surface area contributed by atoms with Gasteiger partial charge in [0.2, 0.25) is 11.8 Å². The maximum Gasteiger partial charge on any atom is 0.233 e. The summed E-state index contributed by atoms with van der Waals surface area (Å²) in [4.78, 5) is 23.1. The Kier molecular flexibility index (Phi) is 5.55. The maximum atomic E-state index is 11.6. The molecule has 1 saturated carbocycles. The Bertz CT molecular complexity index is 444. The Morgan fingerprint density at radius 2 is 1.85 bits per heavy atom. The summed E-state index contributed by atoms with van der Waals surface area (Å²) in [5.41, 5.74) is 0.773. The third-order valence-electron chi connectivity index (χ3n) is 3.15. The SMILES string of the molecule is O=C(CNCC1CC1)NCCC(=O)Nc1ccccc1. The van der Waals surface area contributed by atoms with Crippen molar-refractivity contribution in [2.45, 2.75) is 19.3 Å². The van der Waals surface area contributed by atoms with Crippen LogP contribution in [-0.2, 0) is 9.59 Å². The lowest BCUT2D eigenvalue weighted by Crippen LogP contribution is -2.36. The molecule has 0 radical (unpaired) electrons. The van der Waals surface area contributed by atoms with Crippen LogP contribution >= 0.6 is 0 Å². The number of hydrogen-bond acceptors (Lipinski definition) is 3. The molecular weight excluding hydrogens is 254 g/mol. The molecule has 0 bridgehead atoms. The summed E-state index contributed by atoms with van der Waals surface area (Å²) in [6.45, 7) is 1.61. The lowest BCUT2D eigenvalue weighted by molar-refractivity contribution is -0.120. The number of nitrogens with one attached hydrogen (secondary N) is 3. The van der Waals surface area contributed by atoms with E-state index < -0.39 is 0 Å². The van der Waals surface area contributed by atoms with Crippen LogP contribution in [0.3, 0.4) is 0 Å². The van der Waals surface area contributed by atoms with Gasteiger partial charge in [0.25, 0.3) is 0 Å². The number of benzene rings is 1. The Morgan fingerprint density at radius 3 is 2.55 bits per heavy atom. The number of carbonyl (C=O) groups is 2. The van der Waals surface area contributed by atoms with Crippen LogP contribution in [0, 0.1) is 5.92 Å². The largest absolute Gasteiger partial charge is 0.354 e. The highest BCUT2D eigenvalue weighted by atomic mass is 16.2. The van der Waals surface area contributed by atoms with E-state index in [1.54, 1.807) is 0 Å². The Morgan fingerprint density at radius 1 is 1.10 bits per heavy atom. The molecule has 5 heteroatoms. The van der Waals surface area contributed by atoms with Gasteiger partial charge in [-0.15, -0.1) is 0 Å². The molecule has 1 aromatic rings. The zero-order valence-electron chi connectivity index (χ0n) is 11.5. The van der Waals surface area contributed by atoms with Crippen LogP contribution in [0.1, 0.15) is 19.3 Å². The number of carbonyl (C=O) groups excluding carboxylic acids is 2. The summed E-state index contributed by atoms with van der Waals surface area (Å²) in [6, 6.07) is 9.28. The van der Waals surface area contributed by atoms with E-state index in [0.29, 0.717) is 13.1 Å². The van der Waals surface area contributed by atoms with Crippen LogP contribution in [0.15, 0.2) is 30.3 Å². The predicted molar refractivity (Wildman–Crippen MR) is 78.3 cm³/mol. The molecule has 0 saturated heterocycles. The highest BCUT2D eigenvalue weighted by Crippen LogP contribution is 2.27. The molecule has 1 aliphatic rings. The second-order valence-electron chi connectivity index (χ2n) is 5.09. The molecule has 108 valence electrons. The molecule has 1 aliphatic carbocycles. The summed E-state index contributed by atoms with van der Waals surface area (Å²) < 4.78 is 0. The fourth-order valence-corrected chi connectivity index (χ4v) is 1.83. The third-order valence-corrected chi connectivity index (χ3v) is 3.15. The van der Waals surface area contributed by atoms with E-state index in [2.05, 4.69) is 16.0 Å². The fourth-order valence-electron chi connectivity index (χ4n) is 1.83. The normalized spacial score (nSPS) is 13.8. The molecule has 0 aromatic heterocycles. The van der Waals surface area contributed by atoms with Gasteiger partial charge in [-0.05, 0) is 37.4 Å². The van der Waals surface area contributed by atoms with Crippen molar-refractivity contribution in [3.8, 4) is 0 Å². The van der Waals surface area contributed by atoms with Gasteiger partial charge in [-0.2, -0.15) is 0 Å². The van der Waals surface area contributed by atoms with Crippen molar-refractivity contribution >= 4 is 17.5 Å². The van der Waals surface area contributed by atoms with E-state index in [1.165, 1.54) is 12.8 Å². The number of hydrogen-bond donors (Lipinski definition) is 3. The fraction of sp³-hybridized carbons (Fsp3) is 0.467. The van der Waals surface area contributed by atoms with Crippen molar-refractivity contribution < 1.29 is 9.59 Å². The molecule has 5 nitrogen and oxygen atoms in total. The summed E-state index contributed by atoms with van der Waals surface area (Å²) in [5.74, 6) is 0.611. The van der Waals surface area contributed by atoms with Gasteiger partial charge in [0.05, 0.1) is 6.54 Å². The minimum atomic E-state index is -0.0950. The molecular formula is C15H21N3O2. The van der Waals surface area contributed by atoms with Gasteiger partial charge in [0.1, 0.15) is 0 Å². The standard InChI is InChI=1S/C15H21N3O2/c19-14(18-13-4-2-1-3-5-13)8-9-17-15(20)11-16-10-12-6-7-12/h1-5,12,16H,6-11H2,(H,17,20)(H,18,19). The minimum absolute atomic E-state index is 0.0573. The van der Waals surface area contributed by atoms with Crippen molar-refractivity contribution in [2.24, 2.45) is 5.92 Å². The van der Waals surface area contributed by atoms with Crippen molar-refractivity contribution in [3.63, 3.8) is 0 Å². The Hall–Kier alpha value is -1.88. The zero-order valence-corrected chi connectivity index (χ0v) is 11.5. The summed E-state index contributed by atoms with van der Waals surface area (Å²) in [5, 5.41) is 8.62. The quantitative estimate of drug-likeness (QED) is 0.666. The average molecular weight is 275 g/mol. The van der Waals surface area contributed by atoms with Gasteiger partial charge >= 0.3 is 0 Å². The van der Waals surface area contributed by atoms with Crippen molar-refractivity contribution in [1.82, 2.24) is 10.6 Å². The van der Waals surface area contributed by atoms with Crippen LogP contribution in [0.25, 0.3) is 0 Å². The summed E-state index contributed by atoms with van der Waals surface area (Å²) in [7, 11) is 0. The predicted octanol–water partition coefficient (Wildman–Crippen LogP) is 1.13. The zero-order chi connectivity index (χ0) is 14.2. The van der Waals surface area contributed by atoms with Gasteiger partial charge in [0, 0.05) is 18.7 Å². The third kappa shape index (κ3) is 5.84. The molecule has 0 aliphatic heterocycles. The van der Waals surface area contributed by atoms with E-state index in [0.717, 1.165) is 18.2 Å². The number of rotatable bonds is 8. The first-order chi connectivity index (χ1) is 9.74. The van der Waals surface area contributed by atoms with Crippen molar-refractivity contribution in [3.05, 3.63) is 30.3 Å².